The van der Waals surface area contributed by atoms with Crippen molar-refractivity contribution in [2.75, 3.05) is 0 Å². The van der Waals surface area contributed by atoms with Crippen molar-refractivity contribution in [2.45, 2.75) is 0 Å². The molecular formula is C5H6N2O2. The second-order valence-corrected chi connectivity index (χ2v) is 1.69. The lowest BCUT2D eigenvalue weighted by Crippen LogP contribution is -2.14. The fraction of sp³-hybridized carbons (Fsp3) is 0.200. The first kappa shape index (κ1) is 5.81. The van der Waals surface area contributed by atoms with E-state index in [4.69, 9.17) is 5.11 Å². The van der Waals surface area contributed by atoms with Gasteiger partial charge in [-0.2, -0.15) is 0 Å². The first-order valence-electron chi connectivity index (χ1n) is 2.42. The van der Waals surface area contributed by atoms with Crippen LogP contribution in [-0.4, -0.2) is 14.7 Å². The van der Waals surface area contributed by atoms with E-state index in [-0.39, 0.29) is 11.4 Å². The van der Waals surface area contributed by atoms with Crippen molar-refractivity contribution in [1.29, 1.82) is 0 Å². The van der Waals surface area contributed by atoms with E-state index < -0.39 is 0 Å². The number of aromatic hydroxyl groups is 1. The average molecular weight is 126 g/mol. The molecular weight excluding hydrogens is 120 g/mol. The first-order valence-corrected chi connectivity index (χ1v) is 2.42. The third kappa shape index (κ3) is 1.07. The van der Waals surface area contributed by atoms with Crippen LogP contribution in [0, 0.1) is 0 Å². The minimum absolute atomic E-state index is 0.142. The molecule has 0 spiro atoms. The summed E-state index contributed by atoms with van der Waals surface area (Å²) < 4.78 is 1.25. The van der Waals surface area contributed by atoms with Gasteiger partial charge in [0.05, 0.1) is 12.4 Å². The number of nitrogens with zero attached hydrogens (tertiary/aromatic N) is 2. The van der Waals surface area contributed by atoms with E-state index in [9.17, 15) is 4.79 Å². The SMILES string of the molecule is Cn1cc(O)ncc1=O. The van der Waals surface area contributed by atoms with Crippen molar-refractivity contribution in [3.63, 3.8) is 0 Å². The topological polar surface area (TPSA) is 55.1 Å². The van der Waals surface area contributed by atoms with Crippen molar-refractivity contribution in [3.05, 3.63) is 22.7 Å². The van der Waals surface area contributed by atoms with Crippen LogP contribution >= 0.6 is 0 Å². The van der Waals surface area contributed by atoms with Crippen molar-refractivity contribution in [2.24, 2.45) is 7.05 Å². The predicted octanol–water partition coefficient (Wildman–Crippen LogP) is -0.514. The molecule has 0 atom stereocenters. The van der Waals surface area contributed by atoms with Crippen LogP contribution in [0.1, 0.15) is 0 Å². The highest BCUT2D eigenvalue weighted by Crippen LogP contribution is 1.93. The molecule has 1 aromatic rings. The highest BCUT2D eigenvalue weighted by molar-refractivity contribution is 4.99. The maximum Gasteiger partial charge on any atom is 0.269 e. The molecule has 48 valence electrons. The Labute approximate surface area is 51.4 Å². The summed E-state index contributed by atoms with van der Waals surface area (Å²) in [5.41, 5.74) is -0.229. The second-order valence-electron chi connectivity index (χ2n) is 1.69. The van der Waals surface area contributed by atoms with Crippen molar-refractivity contribution in [1.82, 2.24) is 9.55 Å². The van der Waals surface area contributed by atoms with Crippen LogP contribution in [0.3, 0.4) is 0 Å². The highest BCUT2D eigenvalue weighted by atomic mass is 16.3. The monoisotopic (exact) mass is 126 g/mol. The molecule has 0 amide bonds. The summed E-state index contributed by atoms with van der Waals surface area (Å²) in [5.74, 6) is -0.142. The maximum atomic E-state index is 10.6. The van der Waals surface area contributed by atoms with Crippen molar-refractivity contribution in [3.8, 4) is 5.88 Å². The number of rotatable bonds is 0. The van der Waals surface area contributed by atoms with E-state index in [1.165, 1.54) is 10.8 Å². The van der Waals surface area contributed by atoms with Crippen LogP contribution in [0.25, 0.3) is 0 Å². The van der Waals surface area contributed by atoms with Gasteiger partial charge in [0, 0.05) is 7.05 Å². The summed E-state index contributed by atoms with van der Waals surface area (Å²) in [7, 11) is 1.55. The molecule has 0 unspecified atom stereocenters. The Hall–Kier alpha value is -1.32. The molecule has 0 aromatic carbocycles. The number of aryl methyl sites for hydroxylation is 1. The molecule has 0 bridgehead atoms. The molecule has 4 heteroatoms. The normalized spacial score (nSPS) is 9.44. The smallest absolute Gasteiger partial charge is 0.269 e. The lowest BCUT2D eigenvalue weighted by atomic mass is 10.7. The van der Waals surface area contributed by atoms with Crippen molar-refractivity contribution >= 4 is 0 Å². The van der Waals surface area contributed by atoms with Gasteiger partial charge in [-0.3, -0.25) is 4.79 Å². The Bertz CT molecular complexity index is 266. The minimum atomic E-state index is -0.229. The minimum Gasteiger partial charge on any atom is -0.492 e. The van der Waals surface area contributed by atoms with Crippen LogP contribution in [-0.2, 0) is 7.05 Å². The van der Waals surface area contributed by atoms with E-state index in [1.54, 1.807) is 7.05 Å². The predicted molar refractivity (Wildman–Crippen MR) is 31.1 cm³/mol. The van der Waals surface area contributed by atoms with Gasteiger partial charge < -0.3 is 9.67 Å². The van der Waals surface area contributed by atoms with Crippen LogP contribution in [0.2, 0.25) is 0 Å². The molecule has 0 saturated carbocycles. The van der Waals surface area contributed by atoms with E-state index >= 15 is 0 Å². The van der Waals surface area contributed by atoms with E-state index in [0.717, 1.165) is 6.20 Å². The van der Waals surface area contributed by atoms with Crippen LogP contribution in [0.15, 0.2) is 17.2 Å². The third-order valence-corrected chi connectivity index (χ3v) is 0.964. The summed E-state index contributed by atoms with van der Waals surface area (Å²) in [6.45, 7) is 0. The lowest BCUT2D eigenvalue weighted by Gasteiger charge is -1.93. The van der Waals surface area contributed by atoms with Crippen molar-refractivity contribution < 1.29 is 5.11 Å². The van der Waals surface area contributed by atoms with Gasteiger partial charge in [-0.05, 0) is 0 Å². The van der Waals surface area contributed by atoms with Gasteiger partial charge in [-0.1, -0.05) is 0 Å². The van der Waals surface area contributed by atoms with Gasteiger partial charge in [-0.25, -0.2) is 4.98 Å². The molecule has 1 heterocycles. The molecule has 0 saturated heterocycles. The first-order chi connectivity index (χ1) is 4.20. The summed E-state index contributed by atoms with van der Waals surface area (Å²) in [5, 5.41) is 8.67. The van der Waals surface area contributed by atoms with Gasteiger partial charge in [-0.15, -0.1) is 0 Å². The molecule has 0 aliphatic carbocycles. The summed E-state index contributed by atoms with van der Waals surface area (Å²) in [4.78, 5) is 13.9. The largest absolute Gasteiger partial charge is 0.492 e. The molecule has 0 aliphatic rings. The molecule has 0 fully saturated rings. The second kappa shape index (κ2) is 1.89. The van der Waals surface area contributed by atoms with Gasteiger partial charge in [0.2, 0.25) is 5.88 Å². The Morgan fingerprint density at radius 1 is 1.78 bits per heavy atom. The number of hydrogen-bond acceptors (Lipinski definition) is 3. The number of aromatic nitrogens is 2. The zero-order chi connectivity index (χ0) is 6.85. The highest BCUT2D eigenvalue weighted by Gasteiger charge is 1.89. The molecule has 1 rings (SSSR count). The molecule has 9 heavy (non-hydrogen) atoms. The molecule has 1 aromatic heterocycles. The quantitative estimate of drug-likeness (QED) is 0.509. The van der Waals surface area contributed by atoms with Gasteiger partial charge >= 0.3 is 0 Å². The Morgan fingerprint density at radius 2 is 2.44 bits per heavy atom. The zero-order valence-corrected chi connectivity index (χ0v) is 4.90. The standard InChI is InChI=1S/C5H6N2O2/c1-7-3-4(8)6-2-5(7)9/h2-3,8H,1H3. The number of hydrogen-bond donors (Lipinski definition) is 1. The van der Waals surface area contributed by atoms with E-state index in [2.05, 4.69) is 4.98 Å². The fourth-order valence-electron chi connectivity index (χ4n) is 0.483. The molecule has 0 aliphatic heterocycles. The zero-order valence-electron chi connectivity index (χ0n) is 4.90. The Kier molecular flexibility index (Phi) is 1.22. The van der Waals surface area contributed by atoms with E-state index in [0.29, 0.717) is 0 Å². The van der Waals surface area contributed by atoms with Crippen LogP contribution < -0.4 is 5.56 Å². The molecule has 0 radical (unpaired) electrons. The van der Waals surface area contributed by atoms with Gasteiger partial charge in [0.25, 0.3) is 5.56 Å². The summed E-state index contributed by atoms with van der Waals surface area (Å²) >= 11 is 0. The van der Waals surface area contributed by atoms with Gasteiger partial charge in [0.1, 0.15) is 0 Å². The maximum absolute atomic E-state index is 10.6. The summed E-state index contributed by atoms with van der Waals surface area (Å²) in [6, 6.07) is 0. The average Bonchev–Trinajstić information content (AvgIpc) is 1.80. The Balaban J connectivity index is 3.34. The van der Waals surface area contributed by atoms with Gasteiger partial charge in [0.15, 0.2) is 0 Å². The van der Waals surface area contributed by atoms with Crippen LogP contribution in [0.5, 0.6) is 5.88 Å². The lowest BCUT2D eigenvalue weighted by molar-refractivity contribution is 0.445. The molecule has 4 nitrogen and oxygen atoms in total. The fourth-order valence-corrected chi connectivity index (χ4v) is 0.483. The van der Waals surface area contributed by atoms with E-state index in [1.807, 2.05) is 0 Å². The summed E-state index contributed by atoms with van der Waals surface area (Å²) in [6.07, 6.45) is 2.32. The van der Waals surface area contributed by atoms with Crippen LogP contribution in [0.4, 0.5) is 0 Å². The molecule has 1 N–H and O–H groups in total. The third-order valence-electron chi connectivity index (χ3n) is 0.964. The Morgan fingerprint density at radius 3 is 2.89 bits per heavy atom.